The number of nitrogens with two attached hydrogens (primary N) is 1. The van der Waals surface area contributed by atoms with Crippen molar-refractivity contribution in [2.45, 2.75) is 40.2 Å². The van der Waals surface area contributed by atoms with E-state index in [1.165, 1.54) is 0 Å². The fourth-order valence-corrected chi connectivity index (χ4v) is 1.59. The molecule has 2 N–H and O–H groups in total. The van der Waals surface area contributed by atoms with Gasteiger partial charge in [-0.15, -0.1) is 0 Å². The van der Waals surface area contributed by atoms with Crippen LogP contribution in [-0.2, 0) is 0 Å². The van der Waals surface area contributed by atoms with Gasteiger partial charge in [0, 0.05) is 12.5 Å². The van der Waals surface area contributed by atoms with Crippen molar-refractivity contribution in [2.24, 2.45) is 11.1 Å². The zero-order valence-electron chi connectivity index (χ0n) is 11.7. The van der Waals surface area contributed by atoms with Crippen LogP contribution in [0.2, 0.25) is 0 Å². The second-order valence-corrected chi connectivity index (χ2v) is 5.53. The summed E-state index contributed by atoms with van der Waals surface area (Å²) in [7, 11) is 0. The highest BCUT2D eigenvalue weighted by atomic mass is 16.5. The molecule has 1 atom stereocenters. The monoisotopic (exact) mass is 249 g/mol. The summed E-state index contributed by atoms with van der Waals surface area (Å²) in [4.78, 5) is 12.2. The van der Waals surface area contributed by atoms with Gasteiger partial charge in [0.15, 0.2) is 5.78 Å². The van der Waals surface area contributed by atoms with Crippen molar-refractivity contribution in [3.05, 3.63) is 29.8 Å². The van der Waals surface area contributed by atoms with Crippen molar-refractivity contribution in [3.63, 3.8) is 0 Å². The van der Waals surface area contributed by atoms with E-state index in [0.29, 0.717) is 24.3 Å². The van der Waals surface area contributed by atoms with Crippen LogP contribution in [0, 0.1) is 5.41 Å². The number of carbonyl (C=O) groups is 1. The van der Waals surface area contributed by atoms with Crippen LogP contribution in [0.1, 0.15) is 44.5 Å². The molecule has 0 aromatic heterocycles. The SMILES string of the molecule is CCOc1ccccc1C(=O)CC(N)C(C)(C)C. The minimum atomic E-state index is -0.153. The molecule has 1 unspecified atom stereocenters. The summed E-state index contributed by atoms with van der Waals surface area (Å²) in [5.74, 6) is 0.688. The van der Waals surface area contributed by atoms with Crippen molar-refractivity contribution < 1.29 is 9.53 Å². The van der Waals surface area contributed by atoms with Crippen LogP contribution in [0.5, 0.6) is 5.75 Å². The minimum absolute atomic E-state index is 0.0430. The molecule has 1 aromatic rings. The van der Waals surface area contributed by atoms with E-state index in [4.69, 9.17) is 10.5 Å². The van der Waals surface area contributed by atoms with Crippen LogP contribution in [0.3, 0.4) is 0 Å². The predicted octanol–water partition coefficient (Wildman–Crippen LogP) is 3.03. The predicted molar refractivity (Wildman–Crippen MR) is 74.0 cm³/mol. The third kappa shape index (κ3) is 3.84. The maximum absolute atomic E-state index is 12.2. The second-order valence-electron chi connectivity index (χ2n) is 5.53. The minimum Gasteiger partial charge on any atom is -0.493 e. The average Bonchev–Trinajstić information content (AvgIpc) is 2.28. The summed E-state index contributed by atoms with van der Waals surface area (Å²) in [6.45, 7) is 8.58. The summed E-state index contributed by atoms with van der Waals surface area (Å²) < 4.78 is 5.46. The molecule has 0 fully saturated rings. The Morgan fingerprint density at radius 2 is 1.94 bits per heavy atom. The molecule has 1 aromatic carbocycles. The van der Waals surface area contributed by atoms with Gasteiger partial charge >= 0.3 is 0 Å². The number of para-hydroxylation sites is 1. The molecule has 0 spiro atoms. The number of ketones is 1. The van der Waals surface area contributed by atoms with Crippen LogP contribution in [0.25, 0.3) is 0 Å². The zero-order chi connectivity index (χ0) is 13.8. The van der Waals surface area contributed by atoms with Crippen LogP contribution in [-0.4, -0.2) is 18.4 Å². The summed E-state index contributed by atoms with van der Waals surface area (Å²) in [5.41, 5.74) is 6.60. The Bertz CT molecular complexity index is 407. The highest BCUT2D eigenvalue weighted by Crippen LogP contribution is 2.24. The third-order valence-electron chi connectivity index (χ3n) is 3.00. The molecule has 0 bridgehead atoms. The zero-order valence-corrected chi connectivity index (χ0v) is 11.7. The first-order chi connectivity index (χ1) is 8.36. The second kappa shape index (κ2) is 6.01. The Hall–Kier alpha value is -1.35. The van der Waals surface area contributed by atoms with E-state index in [2.05, 4.69) is 0 Å². The van der Waals surface area contributed by atoms with E-state index in [1.807, 2.05) is 45.9 Å². The fraction of sp³-hybridized carbons (Fsp3) is 0.533. The molecule has 0 amide bonds. The molecule has 18 heavy (non-hydrogen) atoms. The van der Waals surface area contributed by atoms with Crippen molar-refractivity contribution >= 4 is 5.78 Å². The van der Waals surface area contributed by atoms with Gasteiger partial charge in [-0.05, 0) is 24.5 Å². The van der Waals surface area contributed by atoms with Crippen LogP contribution in [0.4, 0.5) is 0 Å². The molecule has 100 valence electrons. The first kappa shape index (κ1) is 14.7. The summed E-state index contributed by atoms with van der Waals surface area (Å²) >= 11 is 0. The Balaban J connectivity index is 2.84. The van der Waals surface area contributed by atoms with Crippen molar-refractivity contribution in [3.8, 4) is 5.75 Å². The summed E-state index contributed by atoms with van der Waals surface area (Å²) in [5, 5.41) is 0. The highest BCUT2D eigenvalue weighted by molar-refractivity contribution is 5.99. The highest BCUT2D eigenvalue weighted by Gasteiger charge is 2.24. The molecule has 3 heteroatoms. The topological polar surface area (TPSA) is 52.3 Å². The Morgan fingerprint density at radius 3 is 2.50 bits per heavy atom. The number of ether oxygens (including phenoxy) is 1. The molecule has 0 radical (unpaired) electrons. The molecule has 0 saturated carbocycles. The Labute approximate surface area is 109 Å². The first-order valence-corrected chi connectivity index (χ1v) is 6.37. The molecule has 0 aliphatic heterocycles. The van der Waals surface area contributed by atoms with Gasteiger partial charge < -0.3 is 10.5 Å². The normalized spacial score (nSPS) is 13.2. The lowest BCUT2D eigenvalue weighted by molar-refractivity contribution is 0.0949. The number of rotatable bonds is 5. The maximum atomic E-state index is 12.2. The van der Waals surface area contributed by atoms with Gasteiger partial charge in [-0.3, -0.25) is 4.79 Å². The Morgan fingerprint density at radius 1 is 1.33 bits per heavy atom. The van der Waals surface area contributed by atoms with Gasteiger partial charge in [0.2, 0.25) is 0 Å². The summed E-state index contributed by atoms with van der Waals surface area (Å²) in [6, 6.07) is 7.17. The van der Waals surface area contributed by atoms with Gasteiger partial charge in [-0.2, -0.15) is 0 Å². The van der Waals surface area contributed by atoms with Crippen molar-refractivity contribution in [1.29, 1.82) is 0 Å². The van der Waals surface area contributed by atoms with Gasteiger partial charge in [0.05, 0.1) is 12.2 Å². The number of hydrogen-bond donors (Lipinski definition) is 1. The lowest BCUT2D eigenvalue weighted by Gasteiger charge is -2.26. The molecular formula is C15H23NO2. The van der Waals surface area contributed by atoms with Crippen molar-refractivity contribution in [2.75, 3.05) is 6.61 Å². The number of Topliss-reactive ketones (excluding diaryl/α,β-unsaturated/α-hetero) is 1. The van der Waals surface area contributed by atoms with Crippen LogP contribution in [0.15, 0.2) is 24.3 Å². The van der Waals surface area contributed by atoms with Crippen LogP contribution < -0.4 is 10.5 Å². The van der Waals surface area contributed by atoms with Gasteiger partial charge in [0.1, 0.15) is 5.75 Å². The lowest BCUT2D eigenvalue weighted by atomic mass is 9.83. The molecule has 0 aliphatic carbocycles. The fourth-order valence-electron chi connectivity index (χ4n) is 1.59. The van der Waals surface area contributed by atoms with E-state index in [-0.39, 0.29) is 17.2 Å². The molecule has 0 saturated heterocycles. The average molecular weight is 249 g/mol. The largest absolute Gasteiger partial charge is 0.493 e. The molecule has 0 aliphatic rings. The molecule has 0 heterocycles. The Kier molecular flexibility index (Phi) is 4.91. The van der Waals surface area contributed by atoms with Gasteiger partial charge in [-0.1, -0.05) is 32.9 Å². The van der Waals surface area contributed by atoms with Gasteiger partial charge in [0.25, 0.3) is 0 Å². The van der Waals surface area contributed by atoms with Crippen LogP contribution >= 0.6 is 0 Å². The standard InChI is InChI=1S/C15H23NO2/c1-5-18-13-9-7-6-8-11(13)12(17)10-14(16)15(2,3)4/h6-9,14H,5,10,16H2,1-4H3. The first-order valence-electron chi connectivity index (χ1n) is 6.37. The lowest BCUT2D eigenvalue weighted by Crippen LogP contribution is -2.37. The quantitative estimate of drug-likeness (QED) is 0.816. The molecule has 3 nitrogen and oxygen atoms in total. The van der Waals surface area contributed by atoms with E-state index in [9.17, 15) is 4.79 Å². The van der Waals surface area contributed by atoms with Gasteiger partial charge in [-0.25, -0.2) is 0 Å². The van der Waals surface area contributed by atoms with E-state index >= 15 is 0 Å². The van der Waals surface area contributed by atoms with E-state index in [0.717, 1.165) is 0 Å². The van der Waals surface area contributed by atoms with Crippen molar-refractivity contribution in [1.82, 2.24) is 0 Å². The number of carbonyl (C=O) groups excluding carboxylic acids is 1. The number of hydrogen-bond acceptors (Lipinski definition) is 3. The third-order valence-corrected chi connectivity index (χ3v) is 3.00. The maximum Gasteiger partial charge on any atom is 0.168 e. The number of benzene rings is 1. The summed E-state index contributed by atoms with van der Waals surface area (Å²) in [6.07, 6.45) is 0.341. The molecular weight excluding hydrogens is 226 g/mol. The molecule has 1 rings (SSSR count). The van der Waals surface area contributed by atoms with E-state index < -0.39 is 0 Å². The smallest absolute Gasteiger partial charge is 0.168 e. The van der Waals surface area contributed by atoms with E-state index in [1.54, 1.807) is 6.07 Å².